The molecule has 0 atom stereocenters. The summed E-state index contributed by atoms with van der Waals surface area (Å²) in [5, 5.41) is 13.1. The largest absolute Gasteiger partial charge is 0.378 e. The third-order valence-corrected chi connectivity index (χ3v) is 7.25. The number of morpholine rings is 1. The van der Waals surface area contributed by atoms with E-state index < -0.39 is 0 Å². The predicted molar refractivity (Wildman–Crippen MR) is 133 cm³/mol. The molecule has 1 aliphatic rings. The molecule has 33 heavy (non-hydrogen) atoms. The van der Waals surface area contributed by atoms with Crippen molar-refractivity contribution in [1.82, 2.24) is 19.7 Å². The van der Waals surface area contributed by atoms with Crippen LogP contribution in [0.25, 0.3) is 15.9 Å². The normalized spacial score (nSPS) is 14.1. The molecule has 5 rings (SSSR count). The van der Waals surface area contributed by atoms with Gasteiger partial charge in [0.05, 0.1) is 34.9 Å². The Hall–Kier alpha value is -2.95. The van der Waals surface area contributed by atoms with Gasteiger partial charge in [0, 0.05) is 13.1 Å². The van der Waals surface area contributed by atoms with Crippen molar-refractivity contribution >= 4 is 50.3 Å². The number of carbonyl (C=O) groups is 1. The molecule has 1 fully saturated rings. The summed E-state index contributed by atoms with van der Waals surface area (Å²) in [5.41, 5.74) is 4.19. The number of carbonyl (C=O) groups excluding carboxylic acids is 1. The highest BCUT2D eigenvalue weighted by atomic mass is 32.2. The highest BCUT2D eigenvalue weighted by molar-refractivity contribution is 7.99. The SMILES string of the molecule is Cc1ccc2nc(NC(=O)CSc3nnc(N4CCOCC4)n3-c3ccccc3C)sc2c1. The Labute approximate surface area is 200 Å². The van der Waals surface area contributed by atoms with E-state index in [2.05, 4.69) is 50.5 Å². The lowest BCUT2D eigenvalue weighted by Gasteiger charge is -2.28. The average molecular weight is 481 g/mol. The Morgan fingerprint density at radius 3 is 2.79 bits per heavy atom. The zero-order chi connectivity index (χ0) is 22.8. The van der Waals surface area contributed by atoms with Crippen LogP contribution in [-0.4, -0.2) is 57.7 Å². The number of thioether (sulfide) groups is 1. The minimum Gasteiger partial charge on any atom is -0.378 e. The molecule has 2 aromatic carbocycles. The maximum Gasteiger partial charge on any atom is 0.236 e. The average Bonchev–Trinajstić information content (AvgIpc) is 3.42. The molecule has 1 amide bonds. The number of aromatic nitrogens is 4. The van der Waals surface area contributed by atoms with Gasteiger partial charge in [0.2, 0.25) is 11.9 Å². The molecule has 170 valence electrons. The van der Waals surface area contributed by atoms with Crippen molar-refractivity contribution < 1.29 is 9.53 Å². The number of anilines is 2. The van der Waals surface area contributed by atoms with Gasteiger partial charge in [-0.3, -0.25) is 9.36 Å². The first-order valence-corrected chi connectivity index (χ1v) is 12.5. The number of amides is 1. The number of ether oxygens (including phenoxy) is 1. The second-order valence-corrected chi connectivity index (χ2v) is 9.80. The summed E-state index contributed by atoms with van der Waals surface area (Å²) in [6.07, 6.45) is 0. The zero-order valence-electron chi connectivity index (χ0n) is 18.4. The smallest absolute Gasteiger partial charge is 0.236 e. The standard InChI is InChI=1S/C23H24N6O2S2/c1-15-7-8-17-19(13-15)33-21(24-17)25-20(30)14-32-23-27-26-22(28-9-11-31-12-10-28)29(23)18-6-4-3-5-16(18)2/h3-8,13H,9-12,14H2,1-2H3,(H,24,25,30). The third kappa shape index (κ3) is 4.73. The van der Waals surface area contributed by atoms with E-state index >= 15 is 0 Å². The number of benzene rings is 2. The van der Waals surface area contributed by atoms with Crippen molar-refractivity contribution in [2.24, 2.45) is 0 Å². The molecule has 0 aliphatic carbocycles. The van der Waals surface area contributed by atoms with Gasteiger partial charge in [0.25, 0.3) is 0 Å². The first-order chi connectivity index (χ1) is 16.1. The van der Waals surface area contributed by atoms with E-state index in [0.717, 1.165) is 40.5 Å². The molecule has 1 saturated heterocycles. The molecule has 0 unspecified atom stereocenters. The fraction of sp³-hybridized carbons (Fsp3) is 0.304. The highest BCUT2D eigenvalue weighted by Gasteiger charge is 2.23. The number of fused-ring (bicyclic) bond motifs is 1. The van der Waals surface area contributed by atoms with Crippen molar-refractivity contribution in [3.8, 4) is 5.69 Å². The van der Waals surface area contributed by atoms with E-state index in [1.54, 1.807) is 0 Å². The van der Waals surface area contributed by atoms with Gasteiger partial charge < -0.3 is 15.0 Å². The molecule has 3 heterocycles. The van der Waals surface area contributed by atoms with E-state index in [1.807, 2.05) is 35.8 Å². The van der Waals surface area contributed by atoms with E-state index in [-0.39, 0.29) is 11.7 Å². The van der Waals surface area contributed by atoms with Crippen molar-refractivity contribution in [3.05, 3.63) is 53.6 Å². The monoisotopic (exact) mass is 480 g/mol. The van der Waals surface area contributed by atoms with Crippen LogP contribution < -0.4 is 10.2 Å². The minimum atomic E-state index is -0.122. The van der Waals surface area contributed by atoms with Gasteiger partial charge in [0.1, 0.15) is 0 Å². The summed E-state index contributed by atoms with van der Waals surface area (Å²) >= 11 is 2.85. The number of rotatable bonds is 6. The van der Waals surface area contributed by atoms with Crippen LogP contribution in [0.3, 0.4) is 0 Å². The topological polar surface area (TPSA) is 85.2 Å². The molecule has 8 nitrogen and oxygen atoms in total. The maximum atomic E-state index is 12.7. The number of hydrogen-bond donors (Lipinski definition) is 1. The summed E-state index contributed by atoms with van der Waals surface area (Å²) in [6.45, 7) is 6.94. The summed E-state index contributed by atoms with van der Waals surface area (Å²) in [6, 6.07) is 14.2. The number of para-hydroxylation sites is 1. The summed E-state index contributed by atoms with van der Waals surface area (Å²) in [5.74, 6) is 0.863. The predicted octanol–water partition coefficient (Wildman–Crippen LogP) is 4.06. The first kappa shape index (κ1) is 21.9. The van der Waals surface area contributed by atoms with E-state index in [9.17, 15) is 4.79 Å². The van der Waals surface area contributed by atoms with Crippen LogP contribution in [0.2, 0.25) is 0 Å². The summed E-state index contributed by atoms with van der Waals surface area (Å²) < 4.78 is 8.60. The van der Waals surface area contributed by atoms with Gasteiger partial charge in [-0.15, -0.1) is 10.2 Å². The fourth-order valence-electron chi connectivity index (χ4n) is 3.72. The quantitative estimate of drug-likeness (QED) is 0.417. The number of nitrogens with one attached hydrogen (secondary N) is 1. The molecule has 4 aromatic rings. The Morgan fingerprint density at radius 2 is 1.97 bits per heavy atom. The lowest BCUT2D eigenvalue weighted by Crippen LogP contribution is -2.38. The molecule has 1 aliphatic heterocycles. The first-order valence-electron chi connectivity index (χ1n) is 10.7. The minimum absolute atomic E-state index is 0.122. The third-order valence-electron chi connectivity index (χ3n) is 5.39. The van der Waals surface area contributed by atoms with Crippen LogP contribution >= 0.6 is 23.1 Å². The number of nitrogens with zero attached hydrogens (tertiary/aromatic N) is 5. The van der Waals surface area contributed by atoms with Crippen LogP contribution in [0.1, 0.15) is 11.1 Å². The number of aryl methyl sites for hydroxylation is 2. The van der Waals surface area contributed by atoms with Crippen LogP contribution in [0.4, 0.5) is 11.1 Å². The van der Waals surface area contributed by atoms with Gasteiger partial charge in [-0.25, -0.2) is 4.98 Å². The number of thiazole rings is 1. The van der Waals surface area contributed by atoms with Gasteiger partial charge >= 0.3 is 0 Å². The van der Waals surface area contributed by atoms with Crippen LogP contribution in [-0.2, 0) is 9.53 Å². The second kappa shape index (κ2) is 9.50. The van der Waals surface area contributed by atoms with Crippen molar-refractivity contribution in [2.45, 2.75) is 19.0 Å². The summed E-state index contributed by atoms with van der Waals surface area (Å²) in [7, 11) is 0. The fourth-order valence-corrected chi connectivity index (χ4v) is 5.44. The van der Waals surface area contributed by atoms with Crippen molar-refractivity contribution in [3.63, 3.8) is 0 Å². The molecule has 0 bridgehead atoms. The van der Waals surface area contributed by atoms with Gasteiger partial charge in [0.15, 0.2) is 10.3 Å². The van der Waals surface area contributed by atoms with Crippen LogP contribution in [0.5, 0.6) is 0 Å². The van der Waals surface area contributed by atoms with Crippen LogP contribution in [0.15, 0.2) is 47.6 Å². The molecule has 0 saturated carbocycles. The van der Waals surface area contributed by atoms with Gasteiger partial charge in [-0.05, 0) is 43.2 Å². The van der Waals surface area contributed by atoms with Crippen molar-refractivity contribution in [2.75, 3.05) is 42.3 Å². The summed E-state index contributed by atoms with van der Waals surface area (Å²) in [4.78, 5) is 19.4. The molecule has 2 aromatic heterocycles. The van der Waals surface area contributed by atoms with Gasteiger partial charge in [-0.1, -0.05) is 47.4 Å². The lowest BCUT2D eigenvalue weighted by atomic mass is 10.2. The number of hydrogen-bond acceptors (Lipinski definition) is 8. The molecular formula is C23H24N6O2S2. The molecule has 1 N–H and O–H groups in total. The molecule has 0 radical (unpaired) electrons. The molecular weight excluding hydrogens is 456 g/mol. The lowest BCUT2D eigenvalue weighted by molar-refractivity contribution is -0.113. The van der Waals surface area contributed by atoms with E-state index in [4.69, 9.17) is 4.74 Å². The zero-order valence-corrected chi connectivity index (χ0v) is 20.1. The van der Waals surface area contributed by atoms with E-state index in [0.29, 0.717) is 23.5 Å². The second-order valence-electron chi connectivity index (χ2n) is 7.83. The van der Waals surface area contributed by atoms with Gasteiger partial charge in [-0.2, -0.15) is 0 Å². The molecule has 10 heteroatoms. The van der Waals surface area contributed by atoms with E-state index in [1.165, 1.54) is 28.7 Å². The van der Waals surface area contributed by atoms with Crippen molar-refractivity contribution in [1.29, 1.82) is 0 Å². The Kier molecular flexibility index (Phi) is 6.30. The Bertz CT molecular complexity index is 1300. The highest BCUT2D eigenvalue weighted by Crippen LogP contribution is 2.30. The maximum absolute atomic E-state index is 12.7. The Balaban J connectivity index is 1.35. The molecule has 0 spiro atoms. The van der Waals surface area contributed by atoms with Crippen LogP contribution in [0, 0.1) is 13.8 Å². The Morgan fingerprint density at radius 1 is 1.15 bits per heavy atom.